The van der Waals surface area contributed by atoms with Gasteiger partial charge in [0.05, 0.1) is 5.69 Å². The molecule has 2 heterocycles. The average molecular weight is 238 g/mol. The van der Waals surface area contributed by atoms with E-state index in [1.165, 1.54) is 6.26 Å². The minimum Gasteiger partial charge on any atom is -0.475 e. The van der Waals surface area contributed by atoms with Crippen LogP contribution in [-0.2, 0) is 0 Å². The Morgan fingerprint density at radius 1 is 1.59 bits per heavy atom. The number of aromatic carboxylic acids is 1. The molecule has 0 fully saturated rings. The molecule has 1 atom stereocenters. The summed E-state index contributed by atoms with van der Waals surface area (Å²) >= 11 is 0. The van der Waals surface area contributed by atoms with E-state index >= 15 is 0 Å². The predicted molar refractivity (Wildman–Crippen MR) is 65.6 cm³/mol. The molecule has 0 saturated heterocycles. The monoisotopic (exact) mass is 238 g/mol. The van der Waals surface area contributed by atoms with Crippen molar-refractivity contribution in [3.05, 3.63) is 12.0 Å². The Bertz CT molecular complexity index is 410. The molecule has 5 nitrogen and oxygen atoms in total. The lowest BCUT2D eigenvalue weighted by atomic mass is 9.93. The lowest BCUT2D eigenvalue weighted by Crippen LogP contribution is -2.38. The van der Waals surface area contributed by atoms with Crippen molar-refractivity contribution in [2.24, 2.45) is 5.92 Å². The third kappa shape index (κ3) is 2.09. The normalized spacial score (nSPS) is 18.4. The maximum absolute atomic E-state index is 10.9. The highest BCUT2D eigenvalue weighted by Gasteiger charge is 2.28. The van der Waals surface area contributed by atoms with E-state index in [0.717, 1.165) is 25.1 Å². The van der Waals surface area contributed by atoms with Gasteiger partial charge in [-0.15, -0.1) is 0 Å². The third-order valence-corrected chi connectivity index (χ3v) is 3.44. The maximum Gasteiger partial charge on any atom is 0.374 e. The van der Waals surface area contributed by atoms with Gasteiger partial charge in [-0.2, -0.15) is 0 Å². The first-order valence-electron chi connectivity index (χ1n) is 6.02. The topological polar surface area (TPSA) is 74.5 Å². The number of nitrogens with one attached hydrogen (secondary N) is 2. The smallest absolute Gasteiger partial charge is 0.374 e. The molecule has 0 spiro atoms. The molecule has 94 valence electrons. The van der Waals surface area contributed by atoms with Crippen LogP contribution >= 0.6 is 0 Å². The molecule has 0 saturated carbocycles. The molecule has 0 aliphatic carbocycles. The van der Waals surface area contributed by atoms with Crippen LogP contribution in [0.2, 0.25) is 0 Å². The lowest BCUT2D eigenvalue weighted by molar-refractivity contribution is 0.0664. The van der Waals surface area contributed by atoms with Gasteiger partial charge in [0.25, 0.3) is 0 Å². The number of fused-ring (bicyclic) bond motifs is 1. The fourth-order valence-corrected chi connectivity index (χ4v) is 2.40. The summed E-state index contributed by atoms with van der Waals surface area (Å²) in [7, 11) is 0. The van der Waals surface area contributed by atoms with Crippen LogP contribution in [0, 0.1) is 5.92 Å². The van der Waals surface area contributed by atoms with E-state index in [-0.39, 0.29) is 5.76 Å². The molecule has 1 unspecified atom stereocenters. The molecule has 0 bridgehead atoms. The molecule has 1 aromatic rings. The predicted octanol–water partition coefficient (Wildman–Crippen LogP) is 2.62. The van der Waals surface area contributed by atoms with Crippen molar-refractivity contribution in [1.29, 1.82) is 0 Å². The van der Waals surface area contributed by atoms with Crippen molar-refractivity contribution in [3.63, 3.8) is 0 Å². The number of carboxylic acids is 1. The molecule has 1 aliphatic heterocycles. The number of carboxylic acid groups (broad SMARTS) is 1. The third-order valence-electron chi connectivity index (χ3n) is 3.44. The van der Waals surface area contributed by atoms with E-state index in [1.54, 1.807) is 0 Å². The van der Waals surface area contributed by atoms with E-state index in [0.29, 0.717) is 17.6 Å². The molecule has 17 heavy (non-hydrogen) atoms. The van der Waals surface area contributed by atoms with Gasteiger partial charge < -0.3 is 20.2 Å². The zero-order valence-electron chi connectivity index (χ0n) is 10.1. The summed E-state index contributed by atoms with van der Waals surface area (Å²) in [5.41, 5.74) is 1.32. The van der Waals surface area contributed by atoms with Gasteiger partial charge in [-0.1, -0.05) is 26.7 Å². The lowest BCUT2D eigenvalue weighted by Gasteiger charge is -2.31. The molecule has 0 aromatic carbocycles. The van der Waals surface area contributed by atoms with Gasteiger partial charge in [0, 0.05) is 12.6 Å². The van der Waals surface area contributed by atoms with E-state index in [4.69, 9.17) is 9.52 Å². The average Bonchev–Trinajstić information content (AvgIpc) is 2.73. The Morgan fingerprint density at radius 3 is 2.88 bits per heavy atom. The van der Waals surface area contributed by atoms with Gasteiger partial charge in [-0.3, -0.25) is 0 Å². The Kier molecular flexibility index (Phi) is 3.26. The summed E-state index contributed by atoms with van der Waals surface area (Å²) in [6, 6.07) is 0.330. The Balaban J connectivity index is 2.17. The van der Waals surface area contributed by atoms with Gasteiger partial charge in [-0.25, -0.2) is 4.79 Å². The van der Waals surface area contributed by atoms with Gasteiger partial charge in [0.2, 0.25) is 5.76 Å². The minimum atomic E-state index is -1.04. The number of rotatable bonds is 4. The van der Waals surface area contributed by atoms with Gasteiger partial charge >= 0.3 is 5.97 Å². The molecule has 0 radical (unpaired) electrons. The largest absolute Gasteiger partial charge is 0.475 e. The summed E-state index contributed by atoms with van der Waals surface area (Å²) in [6.45, 7) is 5.08. The molecule has 0 amide bonds. The fraction of sp³-hybridized carbons (Fsp3) is 0.583. The van der Waals surface area contributed by atoms with Crippen LogP contribution in [0.3, 0.4) is 0 Å². The van der Waals surface area contributed by atoms with Crippen LogP contribution in [0.15, 0.2) is 10.7 Å². The van der Waals surface area contributed by atoms with Crippen LogP contribution in [0.4, 0.5) is 11.4 Å². The second-order valence-electron chi connectivity index (χ2n) is 4.37. The van der Waals surface area contributed by atoms with Crippen LogP contribution in [0.1, 0.15) is 37.2 Å². The summed E-state index contributed by atoms with van der Waals surface area (Å²) < 4.78 is 5.05. The number of hydrogen-bond acceptors (Lipinski definition) is 4. The van der Waals surface area contributed by atoms with E-state index in [9.17, 15) is 4.79 Å². The van der Waals surface area contributed by atoms with Crippen LogP contribution in [0.5, 0.6) is 0 Å². The van der Waals surface area contributed by atoms with Gasteiger partial charge in [0.1, 0.15) is 12.0 Å². The standard InChI is InChI=1S/C12H18N2O3/c1-3-7(4-2)8-5-13-10-9(14-8)6-17-11(10)12(15)16/h6-8,13-14H,3-5H2,1-2H3,(H,15,16). The number of hydrogen-bond donors (Lipinski definition) is 3. The summed E-state index contributed by atoms with van der Waals surface area (Å²) in [5, 5.41) is 15.4. The Hall–Kier alpha value is -1.65. The van der Waals surface area contributed by atoms with Crippen molar-refractivity contribution in [2.45, 2.75) is 32.7 Å². The molecule has 1 aromatic heterocycles. The highest BCUT2D eigenvalue weighted by atomic mass is 16.4. The zero-order chi connectivity index (χ0) is 12.4. The van der Waals surface area contributed by atoms with E-state index in [1.807, 2.05) is 0 Å². The highest BCUT2D eigenvalue weighted by Crippen LogP contribution is 2.34. The number of anilines is 2. The SMILES string of the molecule is CCC(CC)C1CNc2c(coc2C(=O)O)N1. The van der Waals surface area contributed by atoms with Crippen molar-refractivity contribution in [3.8, 4) is 0 Å². The summed E-state index contributed by atoms with van der Waals surface area (Å²) in [5.74, 6) is -0.476. The molecular weight excluding hydrogens is 220 g/mol. The van der Waals surface area contributed by atoms with E-state index < -0.39 is 5.97 Å². The summed E-state index contributed by atoms with van der Waals surface area (Å²) in [4.78, 5) is 10.9. The quantitative estimate of drug-likeness (QED) is 0.751. The Labute approximate surface area is 100 Å². The second kappa shape index (κ2) is 4.69. The highest BCUT2D eigenvalue weighted by molar-refractivity contribution is 5.95. The van der Waals surface area contributed by atoms with Crippen molar-refractivity contribution < 1.29 is 14.3 Å². The van der Waals surface area contributed by atoms with Crippen LogP contribution < -0.4 is 10.6 Å². The number of furan rings is 1. The van der Waals surface area contributed by atoms with Crippen molar-refractivity contribution in [1.82, 2.24) is 0 Å². The van der Waals surface area contributed by atoms with Crippen LogP contribution in [0.25, 0.3) is 0 Å². The van der Waals surface area contributed by atoms with E-state index in [2.05, 4.69) is 24.5 Å². The Morgan fingerprint density at radius 2 is 2.29 bits per heavy atom. The molecule has 3 N–H and O–H groups in total. The molecular formula is C12H18N2O3. The first kappa shape index (κ1) is 11.8. The van der Waals surface area contributed by atoms with Crippen molar-refractivity contribution >= 4 is 17.3 Å². The number of carbonyl (C=O) groups is 1. The fourth-order valence-electron chi connectivity index (χ4n) is 2.40. The minimum absolute atomic E-state index is 0.0181. The molecule has 2 rings (SSSR count). The van der Waals surface area contributed by atoms with Gasteiger partial charge in [-0.05, 0) is 5.92 Å². The molecule has 5 heteroatoms. The zero-order valence-corrected chi connectivity index (χ0v) is 10.1. The molecule has 1 aliphatic rings. The maximum atomic E-state index is 10.9. The second-order valence-corrected chi connectivity index (χ2v) is 4.37. The van der Waals surface area contributed by atoms with Crippen molar-refractivity contribution in [2.75, 3.05) is 17.2 Å². The van der Waals surface area contributed by atoms with Crippen LogP contribution in [-0.4, -0.2) is 23.7 Å². The first-order valence-corrected chi connectivity index (χ1v) is 6.02. The summed E-state index contributed by atoms with van der Waals surface area (Å²) in [6.07, 6.45) is 3.68. The first-order chi connectivity index (χ1) is 8.17. The van der Waals surface area contributed by atoms with Gasteiger partial charge in [0.15, 0.2) is 0 Å².